The fourth-order valence-corrected chi connectivity index (χ4v) is 3.12. The lowest BCUT2D eigenvalue weighted by atomic mass is 10.2. The minimum absolute atomic E-state index is 0.224. The van der Waals surface area contributed by atoms with E-state index in [2.05, 4.69) is 10.1 Å². The van der Waals surface area contributed by atoms with Crippen molar-refractivity contribution in [2.24, 2.45) is 0 Å². The van der Waals surface area contributed by atoms with E-state index in [0.717, 1.165) is 0 Å². The van der Waals surface area contributed by atoms with E-state index in [0.29, 0.717) is 27.2 Å². The molecule has 0 amide bonds. The first-order valence-electron chi connectivity index (χ1n) is 7.66. The molecular weight excluding hydrogens is 378 g/mol. The zero-order valence-corrected chi connectivity index (χ0v) is 14.7. The van der Waals surface area contributed by atoms with Gasteiger partial charge in [-0.2, -0.15) is 5.10 Å². The van der Waals surface area contributed by atoms with Crippen LogP contribution in [0.2, 0.25) is 10.2 Å². The van der Waals surface area contributed by atoms with E-state index < -0.39 is 0 Å². The van der Waals surface area contributed by atoms with Crippen LogP contribution in [0.5, 0.6) is 0 Å². The van der Waals surface area contributed by atoms with E-state index in [1.54, 1.807) is 35.1 Å². The van der Waals surface area contributed by atoms with Crippen LogP contribution < -0.4 is 5.56 Å². The van der Waals surface area contributed by atoms with Crippen molar-refractivity contribution in [3.63, 3.8) is 0 Å². The van der Waals surface area contributed by atoms with Crippen molar-refractivity contribution in [2.45, 2.75) is 6.54 Å². The summed E-state index contributed by atoms with van der Waals surface area (Å²) in [6.07, 6.45) is 4.44. The maximum Gasteiger partial charge on any atom is 0.266 e. The number of rotatable bonds is 3. The van der Waals surface area contributed by atoms with Crippen LogP contribution in [0.3, 0.4) is 0 Å². The van der Waals surface area contributed by atoms with Crippen molar-refractivity contribution in [1.29, 1.82) is 0 Å². The number of nitrogens with zero attached hydrogens (tertiary/aromatic N) is 4. The van der Waals surface area contributed by atoms with Gasteiger partial charge in [0.1, 0.15) is 11.0 Å². The van der Waals surface area contributed by atoms with Crippen LogP contribution in [0.25, 0.3) is 16.6 Å². The van der Waals surface area contributed by atoms with Crippen LogP contribution in [0, 0.1) is 5.82 Å². The third kappa shape index (κ3) is 2.87. The Hall–Kier alpha value is -2.70. The van der Waals surface area contributed by atoms with E-state index in [9.17, 15) is 9.18 Å². The largest absolute Gasteiger partial charge is 0.282 e. The molecule has 8 heteroatoms. The van der Waals surface area contributed by atoms with Crippen molar-refractivity contribution in [3.05, 3.63) is 86.9 Å². The lowest BCUT2D eigenvalue weighted by Crippen LogP contribution is -2.18. The molecule has 130 valence electrons. The molecule has 0 bridgehead atoms. The van der Waals surface area contributed by atoms with Crippen LogP contribution in [0.15, 0.2) is 59.8 Å². The summed E-state index contributed by atoms with van der Waals surface area (Å²) in [4.78, 5) is 16.7. The fourth-order valence-electron chi connectivity index (χ4n) is 2.77. The first kappa shape index (κ1) is 16.8. The Morgan fingerprint density at radius 1 is 1.12 bits per heavy atom. The Labute approximate surface area is 157 Å². The normalized spacial score (nSPS) is 11.2. The van der Waals surface area contributed by atoms with Gasteiger partial charge in [0.25, 0.3) is 5.56 Å². The SMILES string of the molecule is O=c1c2cnn(Cc3ccccc3F)c2ccn1-c1cc(Cl)ncc1Cl. The third-order valence-corrected chi connectivity index (χ3v) is 4.55. The van der Waals surface area contributed by atoms with Gasteiger partial charge in [-0.25, -0.2) is 9.37 Å². The van der Waals surface area contributed by atoms with Gasteiger partial charge in [0.05, 0.1) is 34.4 Å². The average Bonchev–Trinajstić information content (AvgIpc) is 3.03. The summed E-state index contributed by atoms with van der Waals surface area (Å²) in [6.45, 7) is 0.224. The number of aromatic nitrogens is 4. The summed E-state index contributed by atoms with van der Waals surface area (Å²) < 4.78 is 16.9. The van der Waals surface area contributed by atoms with Crippen molar-refractivity contribution in [2.75, 3.05) is 0 Å². The highest BCUT2D eigenvalue weighted by atomic mass is 35.5. The number of halogens is 3. The van der Waals surface area contributed by atoms with Crippen LogP contribution in [0.1, 0.15) is 5.56 Å². The van der Waals surface area contributed by atoms with Gasteiger partial charge in [0.2, 0.25) is 0 Å². The molecule has 4 rings (SSSR count). The molecule has 3 aromatic heterocycles. The quantitative estimate of drug-likeness (QED) is 0.497. The van der Waals surface area contributed by atoms with Crippen LogP contribution in [-0.4, -0.2) is 19.3 Å². The maximum absolute atomic E-state index is 13.9. The van der Waals surface area contributed by atoms with Crippen molar-refractivity contribution >= 4 is 34.1 Å². The first-order chi connectivity index (χ1) is 12.5. The Bertz CT molecular complexity index is 1190. The van der Waals surface area contributed by atoms with E-state index >= 15 is 0 Å². The molecular formula is C18H11Cl2FN4O. The highest BCUT2D eigenvalue weighted by Gasteiger charge is 2.13. The van der Waals surface area contributed by atoms with E-state index in [1.165, 1.54) is 29.1 Å². The van der Waals surface area contributed by atoms with Gasteiger partial charge in [-0.05, 0) is 12.1 Å². The van der Waals surface area contributed by atoms with E-state index in [-0.39, 0.29) is 23.1 Å². The number of pyridine rings is 2. The molecule has 4 aromatic rings. The van der Waals surface area contributed by atoms with Gasteiger partial charge in [-0.15, -0.1) is 0 Å². The van der Waals surface area contributed by atoms with E-state index in [1.807, 2.05) is 0 Å². The highest BCUT2D eigenvalue weighted by molar-refractivity contribution is 6.33. The lowest BCUT2D eigenvalue weighted by Gasteiger charge is -2.09. The number of benzene rings is 1. The summed E-state index contributed by atoms with van der Waals surface area (Å²) >= 11 is 12.0. The summed E-state index contributed by atoms with van der Waals surface area (Å²) in [5.41, 5.74) is 1.23. The van der Waals surface area contributed by atoms with Gasteiger partial charge in [0.15, 0.2) is 0 Å². The summed E-state index contributed by atoms with van der Waals surface area (Å²) in [5.74, 6) is -0.317. The van der Waals surface area contributed by atoms with Crippen LogP contribution >= 0.6 is 23.2 Å². The number of fused-ring (bicyclic) bond motifs is 1. The topological polar surface area (TPSA) is 52.7 Å². The van der Waals surface area contributed by atoms with Crippen molar-refractivity contribution < 1.29 is 4.39 Å². The number of hydrogen-bond donors (Lipinski definition) is 0. The van der Waals surface area contributed by atoms with Crippen LogP contribution in [0.4, 0.5) is 4.39 Å². The predicted octanol–water partition coefficient (Wildman–Crippen LogP) is 4.08. The van der Waals surface area contributed by atoms with Gasteiger partial charge in [-0.1, -0.05) is 41.4 Å². The minimum Gasteiger partial charge on any atom is -0.282 e. The molecule has 0 aliphatic heterocycles. The molecule has 0 aliphatic rings. The molecule has 0 saturated carbocycles. The number of hydrogen-bond acceptors (Lipinski definition) is 3. The summed E-state index contributed by atoms with van der Waals surface area (Å²) in [7, 11) is 0. The fraction of sp³-hybridized carbons (Fsp3) is 0.0556. The van der Waals surface area contributed by atoms with Crippen LogP contribution in [-0.2, 0) is 6.54 Å². The smallest absolute Gasteiger partial charge is 0.266 e. The molecule has 0 fully saturated rings. The van der Waals surface area contributed by atoms with Gasteiger partial charge in [0, 0.05) is 24.0 Å². The predicted molar refractivity (Wildman–Crippen MR) is 98.6 cm³/mol. The van der Waals surface area contributed by atoms with E-state index in [4.69, 9.17) is 23.2 Å². The molecule has 1 aromatic carbocycles. The average molecular weight is 389 g/mol. The molecule has 5 nitrogen and oxygen atoms in total. The van der Waals surface area contributed by atoms with Crippen molar-refractivity contribution in [3.8, 4) is 5.69 Å². The van der Waals surface area contributed by atoms with Gasteiger partial charge < -0.3 is 0 Å². The third-order valence-electron chi connectivity index (χ3n) is 4.05. The molecule has 0 N–H and O–H groups in total. The standard InChI is InChI=1S/C18H11Cl2FN4O/c19-13-9-22-17(20)7-16(13)24-6-5-15-12(18(24)26)8-23-25(15)10-11-3-1-2-4-14(11)21/h1-9H,10H2. The Kier molecular flexibility index (Phi) is 4.22. The second-order valence-electron chi connectivity index (χ2n) is 5.64. The second-order valence-corrected chi connectivity index (χ2v) is 6.44. The molecule has 0 spiro atoms. The molecule has 0 unspecified atom stereocenters. The molecule has 0 saturated heterocycles. The molecule has 0 aliphatic carbocycles. The summed E-state index contributed by atoms with van der Waals surface area (Å²) in [6, 6.07) is 9.71. The summed E-state index contributed by atoms with van der Waals surface area (Å²) in [5, 5.41) is 5.16. The maximum atomic E-state index is 13.9. The minimum atomic E-state index is -0.317. The zero-order chi connectivity index (χ0) is 18.3. The Morgan fingerprint density at radius 2 is 1.92 bits per heavy atom. The van der Waals surface area contributed by atoms with Crippen molar-refractivity contribution in [1.82, 2.24) is 19.3 Å². The van der Waals surface area contributed by atoms with Gasteiger partial charge >= 0.3 is 0 Å². The first-order valence-corrected chi connectivity index (χ1v) is 8.42. The van der Waals surface area contributed by atoms with Gasteiger partial charge in [-0.3, -0.25) is 14.0 Å². The molecule has 26 heavy (non-hydrogen) atoms. The Morgan fingerprint density at radius 3 is 2.73 bits per heavy atom. The second kappa shape index (κ2) is 6.55. The molecule has 0 atom stereocenters. The zero-order valence-electron chi connectivity index (χ0n) is 13.2. The monoisotopic (exact) mass is 388 g/mol. The molecule has 0 radical (unpaired) electrons. The lowest BCUT2D eigenvalue weighted by molar-refractivity contribution is 0.590. The highest BCUT2D eigenvalue weighted by Crippen LogP contribution is 2.22. The molecule has 3 heterocycles. The Balaban J connectivity index is 1.82.